The van der Waals surface area contributed by atoms with Crippen LogP contribution < -0.4 is 14.9 Å². The molecule has 1 amide bonds. The fourth-order valence-corrected chi connectivity index (χ4v) is 4.11. The largest absolute Gasteiger partial charge is 0.490 e. The second-order valence-electron chi connectivity index (χ2n) is 8.26. The van der Waals surface area contributed by atoms with Gasteiger partial charge in [-0.15, -0.1) is 0 Å². The Bertz CT molecular complexity index is 1300. The number of amides is 1. The van der Waals surface area contributed by atoms with E-state index in [1.54, 1.807) is 29.2 Å². The molecule has 1 atom stereocenters. The molecule has 0 saturated carbocycles. The first-order chi connectivity index (χ1) is 16.3. The molecule has 1 aliphatic heterocycles. The highest BCUT2D eigenvalue weighted by atomic mass is 19.1. The zero-order chi connectivity index (χ0) is 24.4. The molecule has 1 aliphatic rings. The van der Waals surface area contributed by atoms with Crippen LogP contribution in [-0.4, -0.2) is 56.1 Å². The van der Waals surface area contributed by atoms with Gasteiger partial charge in [0.1, 0.15) is 18.0 Å². The Morgan fingerprint density at radius 1 is 1.15 bits per heavy atom. The van der Waals surface area contributed by atoms with E-state index in [2.05, 4.69) is 6.58 Å². The van der Waals surface area contributed by atoms with Crippen LogP contribution in [-0.2, 0) is 0 Å². The number of hydrogen-bond acceptors (Lipinski definition) is 6. The van der Waals surface area contributed by atoms with Crippen LogP contribution in [0.5, 0.6) is 11.5 Å². The number of nitrogens with zero attached hydrogens (tertiary/aromatic N) is 2. The van der Waals surface area contributed by atoms with E-state index in [0.29, 0.717) is 43.4 Å². The maximum absolute atomic E-state index is 13.9. The monoisotopic (exact) mass is 466 g/mol. The standard InChI is InChI=1S/C26H27FN2O5/c1-5-13-33-20-9-7-16(14-21(20)32-6-2)23-22-24(30)18-15-17(27)8-10-19(18)34-25(22)26(31)29(23)12-11-28(3)4/h5,7-10,14-15,23H,1,6,11-13H2,2-4H3. The van der Waals surface area contributed by atoms with Gasteiger partial charge in [-0.25, -0.2) is 4.39 Å². The number of carbonyl (C=O) groups excluding carboxylic acids is 1. The number of carbonyl (C=O) groups is 1. The molecular weight excluding hydrogens is 439 g/mol. The highest BCUT2D eigenvalue weighted by Gasteiger charge is 2.42. The molecule has 7 nitrogen and oxygen atoms in total. The van der Waals surface area contributed by atoms with Crippen molar-refractivity contribution < 1.29 is 23.1 Å². The van der Waals surface area contributed by atoms with Crippen molar-refractivity contribution in [2.45, 2.75) is 13.0 Å². The van der Waals surface area contributed by atoms with Crippen molar-refractivity contribution in [2.24, 2.45) is 0 Å². The lowest BCUT2D eigenvalue weighted by molar-refractivity contribution is 0.0716. The molecule has 4 rings (SSSR count). The third-order valence-corrected chi connectivity index (χ3v) is 5.66. The summed E-state index contributed by atoms with van der Waals surface area (Å²) in [7, 11) is 3.81. The summed E-state index contributed by atoms with van der Waals surface area (Å²) in [6.07, 6.45) is 1.63. The molecule has 8 heteroatoms. The number of rotatable bonds is 9. The van der Waals surface area contributed by atoms with Crippen LogP contribution in [0.25, 0.3) is 11.0 Å². The topological polar surface area (TPSA) is 72.2 Å². The van der Waals surface area contributed by atoms with E-state index < -0.39 is 17.3 Å². The zero-order valence-electron chi connectivity index (χ0n) is 19.5. The summed E-state index contributed by atoms with van der Waals surface area (Å²) in [6.45, 7) is 7.18. The Morgan fingerprint density at radius 2 is 1.94 bits per heavy atom. The van der Waals surface area contributed by atoms with Crippen molar-refractivity contribution in [2.75, 3.05) is 40.4 Å². The molecule has 0 N–H and O–H groups in total. The predicted octanol–water partition coefficient (Wildman–Crippen LogP) is 4.00. The summed E-state index contributed by atoms with van der Waals surface area (Å²) in [5, 5.41) is 0.0991. The van der Waals surface area contributed by atoms with Crippen LogP contribution in [0, 0.1) is 5.82 Å². The van der Waals surface area contributed by atoms with E-state index in [1.807, 2.05) is 25.9 Å². The summed E-state index contributed by atoms with van der Waals surface area (Å²) in [4.78, 5) is 30.5. The fraction of sp³-hybridized carbons (Fsp3) is 0.308. The molecular formula is C26H27FN2O5. The number of hydrogen-bond donors (Lipinski definition) is 0. The molecule has 178 valence electrons. The van der Waals surface area contributed by atoms with Crippen LogP contribution in [0.2, 0.25) is 0 Å². The highest BCUT2D eigenvalue weighted by molar-refractivity contribution is 5.99. The van der Waals surface area contributed by atoms with E-state index in [4.69, 9.17) is 13.9 Å². The Balaban J connectivity index is 1.90. The molecule has 3 aromatic rings. The van der Waals surface area contributed by atoms with Crippen molar-refractivity contribution in [3.8, 4) is 11.5 Å². The first-order valence-corrected chi connectivity index (χ1v) is 11.1. The van der Waals surface area contributed by atoms with Gasteiger partial charge in [0.2, 0.25) is 5.76 Å². The molecule has 2 heterocycles. The van der Waals surface area contributed by atoms with Gasteiger partial charge in [0.05, 0.1) is 23.6 Å². The summed E-state index contributed by atoms with van der Waals surface area (Å²) in [5.41, 5.74) is 0.619. The first kappa shape index (κ1) is 23.5. The van der Waals surface area contributed by atoms with Gasteiger partial charge in [-0.05, 0) is 56.9 Å². The minimum absolute atomic E-state index is 0.0159. The Hall–Kier alpha value is -3.65. The summed E-state index contributed by atoms with van der Waals surface area (Å²) < 4.78 is 31.3. The third-order valence-electron chi connectivity index (χ3n) is 5.66. The van der Waals surface area contributed by atoms with E-state index in [1.165, 1.54) is 12.1 Å². The predicted molar refractivity (Wildman–Crippen MR) is 127 cm³/mol. The number of fused-ring (bicyclic) bond motifs is 2. The molecule has 0 aliphatic carbocycles. The van der Waals surface area contributed by atoms with Crippen molar-refractivity contribution in [1.82, 2.24) is 9.80 Å². The van der Waals surface area contributed by atoms with Crippen LogP contribution >= 0.6 is 0 Å². The van der Waals surface area contributed by atoms with E-state index in [0.717, 1.165) is 6.07 Å². The van der Waals surface area contributed by atoms with Gasteiger partial charge in [0.15, 0.2) is 16.9 Å². The van der Waals surface area contributed by atoms with Crippen LogP contribution in [0.3, 0.4) is 0 Å². The number of ether oxygens (including phenoxy) is 2. The van der Waals surface area contributed by atoms with Gasteiger partial charge < -0.3 is 23.7 Å². The van der Waals surface area contributed by atoms with Gasteiger partial charge in [0.25, 0.3) is 5.91 Å². The van der Waals surface area contributed by atoms with Gasteiger partial charge in [-0.2, -0.15) is 0 Å². The Morgan fingerprint density at radius 3 is 2.65 bits per heavy atom. The second-order valence-corrected chi connectivity index (χ2v) is 8.26. The van der Waals surface area contributed by atoms with Crippen molar-refractivity contribution >= 4 is 16.9 Å². The number of likely N-dealkylation sites (N-methyl/N-ethyl adjacent to an activating group) is 1. The van der Waals surface area contributed by atoms with E-state index >= 15 is 0 Å². The molecule has 34 heavy (non-hydrogen) atoms. The highest BCUT2D eigenvalue weighted by Crippen LogP contribution is 2.41. The van der Waals surface area contributed by atoms with Crippen molar-refractivity contribution in [3.63, 3.8) is 0 Å². The van der Waals surface area contributed by atoms with Gasteiger partial charge in [-0.3, -0.25) is 9.59 Å². The summed E-state index contributed by atoms with van der Waals surface area (Å²) >= 11 is 0. The van der Waals surface area contributed by atoms with Gasteiger partial charge in [-0.1, -0.05) is 18.7 Å². The molecule has 0 radical (unpaired) electrons. The average molecular weight is 467 g/mol. The van der Waals surface area contributed by atoms with E-state index in [9.17, 15) is 14.0 Å². The van der Waals surface area contributed by atoms with Crippen molar-refractivity contribution in [3.05, 3.63) is 82.0 Å². The van der Waals surface area contributed by atoms with E-state index in [-0.39, 0.29) is 28.2 Å². The maximum atomic E-state index is 13.9. The van der Waals surface area contributed by atoms with Crippen LogP contribution in [0.15, 0.2) is 58.3 Å². The molecule has 0 spiro atoms. The second kappa shape index (κ2) is 9.69. The first-order valence-electron chi connectivity index (χ1n) is 11.1. The Labute approximate surface area is 197 Å². The quantitative estimate of drug-likeness (QED) is 0.444. The minimum Gasteiger partial charge on any atom is -0.490 e. The molecule has 2 aromatic carbocycles. The average Bonchev–Trinajstić information content (AvgIpc) is 3.09. The molecule has 0 bridgehead atoms. The lowest BCUT2D eigenvalue weighted by Crippen LogP contribution is -2.35. The molecule has 0 saturated heterocycles. The molecule has 0 fully saturated rings. The third kappa shape index (κ3) is 4.28. The number of benzene rings is 2. The van der Waals surface area contributed by atoms with Crippen molar-refractivity contribution in [1.29, 1.82) is 0 Å². The zero-order valence-corrected chi connectivity index (χ0v) is 19.5. The van der Waals surface area contributed by atoms with Gasteiger partial charge >= 0.3 is 0 Å². The minimum atomic E-state index is -0.709. The normalized spacial score (nSPS) is 15.1. The Kier molecular flexibility index (Phi) is 6.70. The smallest absolute Gasteiger partial charge is 0.290 e. The summed E-state index contributed by atoms with van der Waals surface area (Å²) in [5.74, 6) is 0.0782. The van der Waals surface area contributed by atoms with Gasteiger partial charge in [0, 0.05) is 13.1 Å². The summed E-state index contributed by atoms with van der Waals surface area (Å²) in [6, 6.07) is 8.32. The SMILES string of the molecule is C=CCOc1ccc(C2c3c(oc4ccc(F)cc4c3=O)C(=O)N2CCN(C)C)cc1OCC. The molecule has 1 aromatic heterocycles. The lowest BCUT2D eigenvalue weighted by atomic mass is 9.98. The van der Waals surface area contributed by atoms with Crippen LogP contribution in [0.1, 0.15) is 34.6 Å². The lowest BCUT2D eigenvalue weighted by Gasteiger charge is -2.27. The molecule has 1 unspecified atom stereocenters. The van der Waals surface area contributed by atoms with Crippen LogP contribution in [0.4, 0.5) is 4.39 Å². The maximum Gasteiger partial charge on any atom is 0.290 e. The number of halogens is 1. The fourth-order valence-electron chi connectivity index (χ4n) is 4.11.